The summed E-state index contributed by atoms with van der Waals surface area (Å²) in [7, 11) is -3.76. The summed E-state index contributed by atoms with van der Waals surface area (Å²) in [6.07, 6.45) is 3.55. The Balaban J connectivity index is 1.44. The Morgan fingerprint density at radius 3 is 2.27 bits per heavy atom. The smallest absolute Gasteiger partial charge is 0.339 e. The summed E-state index contributed by atoms with van der Waals surface area (Å²) >= 11 is 0. The molecule has 0 atom stereocenters. The maximum absolute atomic E-state index is 12.6. The zero-order valence-corrected chi connectivity index (χ0v) is 16.9. The van der Waals surface area contributed by atoms with Crippen LogP contribution in [0.25, 0.3) is 0 Å². The van der Waals surface area contributed by atoms with Crippen LogP contribution in [0.2, 0.25) is 0 Å². The van der Waals surface area contributed by atoms with Gasteiger partial charge >= 0.3 is 5.97 Å². The molecule has 1 heterocycles. The molecule has 1 aliphatic heterocycles. The lowest BCUT2D eigenvalue weighted by atomic mass is 10.1. The number of esters is 1. The zero-order valence-electron chi connectivity index (χ0n) is 16.0. The largest absolute Gasteiger partial charge is 0.440 e. The highest BCUT2D eigenvalue weighted by Gasteiger charge is 2.36. The summed E-state index contributed by atoms with van der Waals surface area (Å²) in [4.78, 5) is 37.9. The SMILES string of the molecule is O=C(OCN1C(=O)c2ccccc2C1=O)c1cccc(S(=O)(=O)NC2CCCC2)c1. The molecule has 0 radical (unpaired) electrons. The number of carbonyl (C=O) groups is 3. The Kier molecular flexibility index (Phi) is 5.40. The topological polar surface area (TPSA) is 110 Å². The Bertz CT molecular complexity index is 1090. The van der Waals surface area contributed by atoms with Crippen LogP contribution >= 0.6 is 0 Å². The van der Waals surface area contributed by atoms with Crippen molar-refractivity contribution in [1.82, 2.24) is 9.62 Å². The highest BCUT2D eigenvalue weighted by Crippen LogP contribution is 2.23. The number of ether oxygens (including phenoxy) is 1. The van der Waals surface area contributed by atoms with Gasteiger partial charge in [0.25, 0.3) is 11.8 Å². The first-order valence-corrected chi connectivity index (χ1v) is 11.1. The fourth-order valence-electron chi connectivity index (χ4n) is 3.68. The second-order valence-corrected chi connectivity index (χ2v) is 8.99. The van der Waals surface area contributed by atoms with Crippen LogP contribution in [0, 0.1) is 0 Å². The fraction of sp³-hybridized carbons (Fsp3) is 0.286. The third-order valence-corrected chi connectivity index (χ3v) is 6.78. The molecule has 1 N–H and O–H groups in total. The van der Waals surface area contributed by atoms with E-state index in [1.54, 1.807) is 12.1 Å². The Morgan fingerprint density at radius 2 is 1.63 bits per heavy atom. The zero-order chi connectivity index (χ0) is 21.3. The molecule has 1 fully saturated rings. The van der Waals surface area contributed by atoms with Gasteiger partial charge in [0.1, 0.15) is 0 Å². The number of amides is 2. The fourth-order valence-corrected chi connectivity index (χ4v) is 5.03. The second-order valence-electron chi connectivity index (χ2n) is 7.28. The second kappa shape index (κ2) is 8.00. The molecular formula is C21H20N2O6S. The van der Waals surface area contributed by atoms with Crippen molar-refractivity contribution in [3.05, 3.63) is 65.2 Å². The first kappa shape index (κ1) is 20.2. The minimum atomic E-state index is -3.76. The predicted molar refractivity (Wildman–Crippen MR) is 106 cm³/mol. The maximum atomic E-state index is 12.6. The van der Waals surface area contributed by atoms with E-state index < -0.39 is 34.5 Å². The van der Waals surface area contributed by atoms with E-state index in [4.69, 9.17) is 4.74 Å². The normalized spacial score (nSPS) is 16.7. The molecule has 2 amide bonds. The highest BCUT2D eigenvalue weighted by atomic mass is 32.2. The summed E-state index contributed by atoms with van der Waals surface area (Å²) < 4.78 is 32.9. The molecule has 2 aromatic carbocycles. The van der Waals surface area contributed by atoms with Crippen LogP contribution in [0.4, 0.5) is 0 Å². The molecule has 2 aliphatic rings. The van der Waals surface area contributed by atoms with Crippen molar-refractivity contribution < 1.29 is 27.5 Å². The third-order valence-electron chi connectivity index (χ3n) is 5.26. The molecule has 4 rings (SSSR count). The molecule has 0 bridgehead atoms. The lowest BCUT2D eigenvalue weighted by molar-refractivity contribution is 0.0228. The van der Waals surface area contributed by atoms with E-state index >= 15 is 0 Å². The molecule has 1 aliphatic carbocycles. The quantitative estimate of drug-likeness (QED) is 0.559. The van der Waals surface area contributed by atoms with E-state index in [0.717, 1.165) is 30.6 Å². The standard InChI is InChI=1S/C21H20N2O6S/c24-19-17-10-3-4-11-18(17)20(25)23(19)13-29-21(26)14-6-5-9-16(12-14)30(27,28)22-15-7-1-2-8-15/h3-6,9-12,15,22H,1-2,7-8,13H2. The van der Waals surface area contributed by atoms with Gasteiger partial charge in [0.2, 0.25) is 10.0 Å². The van der Waals surface area contributed by atoms with Crippen LogP contribution in [-0.2, 0) is 14.8 Å². The van der Waals surface area contributed by atoms with Gasteiger partial charge in [-0.1, -0.05) is 31.0 Å². The number of carbonyl (C=O) groups excluding carboxylic acids is 3. The van der Waals surface area contributed by atoms with E-state index in [0.29, 0.717) is 0 Å². The molecule has 9 heteroatoms. The minimum absolute atomic E-state index is 0.0147. The molecule has 156 valence electrons. The van der Waals surface area contributed by atoms with Gasteiger partial charge in [-0.2, -0.15) is 0 Å². The van der Waals surface area contributed by atoms with E-state index in [1.807, 2.05) is 0 Å². The summed E-state index contributed by atoms with van der Waals surface area (Å²) in [5.41, 5.74) is 0.523. The van der Waals surface area contributed by atoms with Crippen molar-refractivity contribution in [2.45, 2.75) is 36.6 Å². The number of hydrogen-bond acceptors (Lipinski definition) is 6. The van der Waals surface area contributed by atoms with Gasteiger partial charge in [-0.05, 0) is 43.2 Å². The van der Waals surface area contributed by atoms with Gasteiger partial charge in [0.05, 0.1) is 21.6 Å². The third kappa shape index (κ3) is 3.86. The van der Waals surface area contributed by atoms with Crippen molar-refractivity contribution in [2.24, 2.45) is 0 Å². The lowest BCUT2D eigenvalue weighted by Crippen LogP contribution is -2.33. The highest BCUT2D eigenvalue weighted by molar-refractivity contribution is 7.89. The number of fused-ring (bicyclic) bond motifs is 1. The molecule has 2 aromatic rings. The Labute approximate surface area is 173 Å². The molecule has 1 saturated carbocycles. The monoisotopic (exact) mass is 428 g/mol. The number of benzene rings is 2. The Morgan fingerprint density at radius 1 is 1.00 bits per heavy atom. The number of nitrogens with one attached hydrogen (secondary N) is 1. The van der Waals surface area contributed by atoms with E-state index in [9.17, 15) is 22.8 Å². The van der Waals surface area contributed by atoms with Crippen LogP contribution < -0.4 is 4.72 Å². The number of hydrogen-bond donors (Lipinski definition) is 1. The first-order chi connectivity index (χ1) is 14.4. The molecule has 0 unspecified atom stereocenters. The van der Waals surface area contributed by atoms with Gasteiger partial charge < -0.3 is 4.74 Å². The molecule has 30 heavy (non-hydrogen) atoms. The number of nitrogens with zero attached hydrogens (tertiary/aromatic N) is 1. The van der Waals surface area contributed by atoms with Gasteiger partial charge in [-0.25, -0.2) is 22.8 Å². The van der Waals surface area contributed by atoms with E-state index in [-0.39, 0.29) is 27.6 Å². The average Bonchev–Trinajstić information content (AvgIpc) is 3.33. The molecule has 0 aromatic heterocycles. The van der Waals surface area contributed by atoms with Crippen LogP contribution in [0.1, 0.15) is 56.8 Å². The minimum Gasteiger partial charge on any atom is -0.440 e. The van der Waals surface area contributed by atoms with E-state index in [2.05, 4.69) is 4.72 Å². The summed E-state index contributed by atoms with van der Waals surface area (Å²) in [5, 5.41) is 0. The first-order valence-electron chi connectivity index (χ1n) is 9.61. The van der Waals surface area contributed by atoms with Gasteiger partial charge in [0.15, 0.2) is 6.73 Å². The lowest BCUT2D eigenvalue weighted by Gasteiger charge is -2.15. The van der Waals surface area contributed by atoms with Gasteiger partial charge in [0, 0.05) is 6.04 Å². The number of imide groups is 1. The van der Waals surface area contributed by atoms with E-state index in [1.165, 1.54) is 36.4 Å². The molecule has 8 nitrogen and oxygen atoms in total. The molecule has 0 spiro atoms. The predicted octanol–water partition coefficient (Wildman–Crippen LogP) is 2.32. The Hall–Kier alpha value is -3.04. The maximum Gasteiger partial charge on any atom is 0.339 e. The van der Waals surface area contributed by atoms with Crippen molar-refractivity contribution >= 4 is 27.8 Å². The number of sulfonamides is 1. The van der Waals surface area contributed by atoms with Gasteiger partial charge in [-0.15, -0.1) is 0 Å². The average molecular weight is 428 g/mol. The summed E-state index contributed by atoms with van der Waals surface area (Å²) in [5.74, 6) is -1.91. The van der Waals surface area contributed by atoms with Crippen molar-refractivity contribution in [3.63, 3.8) is 0 Å². The van der Waals surface area contributed by atoms with Crippen molar-refractivity contribution in [1.29, 1.82) is 0 Å². The van der Waals surface area contributed by atoms with Gasteiger partial charge in [-0.3, -0.25) is 9.59 Å². The van der Waals surface area contributed by atoms with Crippen LogP contribution in [0.15, 0.2) is 53.4 Å². The van der Waals surface area contributed by atoms with Crippen LogP contribution in [-0.4, -0.2) is 43.9 Å². The molecule has 0 saturated heterocycles. The summed E-state index contributed by atoms with van der Waals surface area (Å²) in [6, 6.07) is 11.7. The molecular weight excluding hydrogens is 408 g/mol. The van der Waals surface area contributed by atoms with Crippen molar-refractivity contribution in [2.75, 3.05) is 6.73 Å². The number of rotatable bonds is 6. The summed E-state index contributed by atoms with van der Waals surface area (Å²) in [6.45, 7) is -0.553. The van der Waals surface area contributed by atoms with Crippen LogP contribution in [0.5, 0.6) is 0 Å². The van der Waals surface area contributed by atoms with Crippen molar-refractivity contribution in [3.8, 4) is 0 Å². The van der Waals surface area contributed by atoms with Crippen LogP contribution in [0.3, 0.4) is 0 Å².